The van der Waals surface area contributed by atoms with Crippen LogP contribution in [0.4, 0.5) is 26.3 Å². The van der Waals surface area contributed by atoms with Crippen LogP contribution in [-0.2, 0) is 12.4 Å². The molecule has 0 aliphatic rings. The molecular weight excluding hydrogens is 364 g/mol. The second-order valence-corrected chi connectivity index (χ2v) is 5.41. The van der Waals surface area contributed by atoms with E-state index >= 15 is 0 Å². The van der Waals surface area contributed by atoms with E-state index in [-0.39, 0.29) is 17.7 Å². The van der Waals surface area contributed by atoms with Crippen LogP contribution in [0.15, 0.2) is 42.7 Å². The fourth-order valence-corrected chi connectivity index (χ4v) is 2.65. The minimum Gasteiger partial charge on any atom is -0.293 e. The number of hydrogen-bond acceptors (Lipinski definition) is 3. The summed E-state index contributed by atoms with van der Waals surface area (Å²) in [4.78, 5) is 3.44. The van der Waals surface area contributed by atoms with Gasteiger partial charge in [0.15, 0.2) is 5.65 Å². The van der Waals surface area contributed by atoms with Gasteiger partial charge in [-0.1, -0.05) is 0 Å². The molecule has 4 aromatic heterocycles. The third-order valence-electron chi connectivity index (χ3n) is 3.75. The molecule has 0 aromatic carbocycles. The molecule has 134 valence electrons. The minimum atomic E-state index is -5.04. The molecule has 0 saturated carbocycles. The molecular formula is C15H7F6N5. The molecule has 0 aliphatic heterocycles. The Balaban J connectivity index is 2.18. The highest BCUT2D eigenvalue weighted by Gasteiger charge is 2.39. The van der Waals surface area contributed by atoms with Gasteiger partial charge in [-0.15, -0.1) is 10.2 Å². The van der Waals surface area contributed by atoms with E-state index in [4.69, 9.17) is 0 Å². The number of hydrogen-bond donors (Lipinski definition) is 0. The highest BCUT2D eigenvalue weighted by molar-refractivity contribution is 5.83. The zero-order chi connectivity index (χ0) is 18.7. The van der Waals surface area contributed by atoms with Gasteiger partial charge in [0, 0.05) is 17.8 Å². The Morgan fingerprint density at radius 3 is 2.15 bits per heavy atom. The summed E-state index contributed by atoms with van der Waals surface area (Å²) in [5, 5.41) is 7.16. The lowest BCUT2D eigenvalue weighted by atomic mass is 10.1. The summed E-state index contributed by atoms with van der Waals surface area (Å²) in [7, 11) is 0. The SMILES string of the molecule is FC(F)(F)c1cc(C(F)(F)F)c2ccc3nnc(-n4cccc4)n3c2n1. The van der Waals surface area contributed by atoms with E-state index in [0.717, 1.165) is 10.5 Å². The van der Waals surface area contributed by atoms with Gasteiger partial charge < -0.3 is 0 Å². The van der Waals surface area contributed by atoms with Crippen LogP contribution in [0, 0.1) is 0 Å². The van der Waals surface area contributed by atoms with Crippen LogP contribution in [0.3, 0.4) is 0 Å². The van der Waals surface area contributed by atoms with Gasteiger partial charge >= 0.3 is 12.4 Å². The van der Waals surface area contributed by atoms with Crippen molar-refractivity contribution in [2.24, 2.45) is 0 Å². The number of halogens is 6. The van der Waals surface area contributed by atoms with E-state index in [1.54, 1.807) is 12.1 Å². The Morgan fingerprint density at radius 2 is 1.54 bits per heavy atom. The van der Waals surface area contributed by atoms with E-state index in [1.807, 2.05) is 0 Å². The largest absolute Gasteiger partial charge is 0.433 e. The molecule has 0 spiro atoms. The van der Waals surface area contributed by atoms with Crippen molar-refractivity contribution in [3.05, 3.63) is 54.0 Å². The second kappa shape index (κ2) is 5.19. The van der Waals surface area contributed by atoms with Gasteiger partial charge in [-0.25, -0.2) is 9.38 Å². The molecule has 4 aromatic rings. The first-order chi connectivity index (χ1) is 12.2. The predicted octanol–water partition coefficient (Wildman–Crippen LogP) is 4.11. The van der Waals surface area contributed by atoms with E-state index < -0.39 is 34.6 Å². The van der Waals surface area contributed by atoms with Crippen LogP contribution >= 0.6 is 0 Å². The van der Waals surface area contributed by atoms with Gasteiger partial charge in [0.05, 0.1) is 5.56 Å². The molecule has 0 bridgehead atoms. The van der Waals surface area contributed by atoms with E-state index in [0.29, 0.717) is 0 Å². The maximum atomic E-state index is 13.3. The van der Waals surface area contributed by atoms with Gasteiger partial charge in [-0.2, -0.15) is 26.3 Å². The standard InChI is InChI=1S/C15H7F6N5/c16-14(17,18)9-7-10(15(19,20)21)22-12-8(9)3-4-11-23-24-13(26(11)12)25-5-1-2-6-25/h1-7H. The zero-order valence-corrected chi connectivity index (χ0v) is 12.5. The first-order valence-corrected chi connectivity index (χ1v) is 7.13. The summed E-state index contributed by atoms with van der Waals surface area (Å²) in [6, 6.07) is 5.54. The highest BCUT2D eigenvalue weighted by atomic mass is 19.4. The number of pyridine rings is 2. The second-order valence-electron chi connectivity index (χ2n) is 5.41. The Labute approximate surface area is 140 Å². The molecule has 0 N–H and O–H groups in total. The Morgan fingerprint density at radius 1 is 0.846 bits per heavy atom. The number of alkyl halides is 6. The molecule has 0 atom stereocenters. The molecule has 0 aliphatic carbocycles. The van der Waals surface area contributed by atoms with Gasteiger partial charge in [0.1, 0.15) is 11.3 Å². The average Bonchev–Trinajstić information content (AvgIpc) is 3.20. The third kappa shape index (κ3) is 2.47. The monoisotopic (exact) mass is 371 g/mol. The van der Waals surface area contributed by atoms with Crippen molar-refractivity contribution in [2.45, 2.75) is 12.4 Å². The number of fused-ring (bicyclic) bond motifs is 3. The molecule has 4 rings (SSSR count). The zero-order valence-electron chi connectivity index (χ0n) is 12.5. The molecule has 5 nitrogen and oxygen atoms in total. The Bertz CT molecular complexity index is 1110. The maximum Gasteiger partial charge on any atom is 0.433 e. The summed E-state index contributed by atoms with van der Waals surface area (Å²) in [6.07, 6.45) is -6.96. The summed E-state index contributed by atoms with van der Waals surface area (Å²) >= 11 is 0. The molecule has 0 amide bonds. The normalized spacial score (nSPS) is 13.0. The van der Waals surface area contributed by atoms with Gasteiger partial charge in [-0.05, 0) is 30.3 Å². The van der Waals surface area contributed by atoms with Gasteiger partial charge in [0.25, 0.3) is 0 Å². The smallest absolute Gasteiger partial charge is 0.293 e. The summed E-state index contributed by atoms with van der Waals surface area (Å²) in [6.45, 7) is 0. The Hall–Kier alpha value is -3.11. The molecule has 0 fully saturated rings. The average molecular weight is 371 g/mol. The van der Waals surface area contributed by atoms with Crippen LogP contribution in [0.5, 0.6) is 0 Å². The first-order valence-electron chi connectivity index (χ1n) is 7.13. The van der Waals surface area contributed by atoms with Crippen molar-refractivity contribution in [2.75, 3.05) is 0 Å². The molecule has 0 saturated heterocycles. The van der Waals surface area contributed by atoms with Crippen molar-refractivity contribution < 1.29 is 26.3 Å². The molecule has 4 heterocycles. The van der Waals surface area contributed by atoms with Crippen LogP contribution < -0.4 is 0 Å². The Kier molecular flexibility index (Phi) is 3.27. The van der Waals surface area contributed by atoms with Crippen molar-refractivity contribution in [1.82, 2.24) is 24.1 Å². The van der Waals surface area contributed by atoms with Crippen molar-refractivity contribution in [1.29, 1.82) is 0 Å². The van der Waals surface area contributed by atoms with Gasteiger partial charge in [-0.3, -0.25) is 4.57 Å². The van der Waals surface area contributed by atoms with Crippen molar-refractivity contribution >= 4 is 16.7 Å². The number of aromatic nitrogens is 5. The van der Waals surface area contributed by atoms with Crippen molar-refractivity contribution in [3.63, 3.8) is 0 Å². The van der Waals surface area contributed by atoms with E-state index in [9.17, 15) is 26.3 Å². The molecule has 0 radical (unpaired) electrons. The summed E-state index contributed by atoms with van der Waals surface area (Å²) in [5.74, 6) is 0.0237. The first kappa shape index (κ1) is 16.4. The highest BCUT2D eigenvalue weighted by Crippen LogP contribution is 2.38. The lowest BCUT2D eigenvalue weighted by Crippen LogP contribution is -2.15. The predicted molar refractivity (Wildman–Crippen MR) is 77.6 cm³/mol. The van der Waals surface area contributed by atoms with E-state index in [1.165, 1.54) is 23.0 Å². The summed E-state index contributed by atoms with van der Waals surface area (Å²) in [5.41, 5.74) is -3.53. The van der Waals surface area contributed by atoms with Crippen LogP contribution in [-0.4, -0.2) is 24.1 Å². The summed E-state index contributed by atoms with van der Waals surface area (Å²) < 4.78 is 81.8. The van der Waals surface area contributed by atoms with E-state index in [2.05, 4.69) is 15.2 Å². The van der Waals surface area contributed by atoms with Crippen LogP contribution in [0.25, 0.3) is 22.6 Å². The minimum absolute atomic E-state index is 0.00779. The number of rotatable bonds is 1. The molecule has 0 unspecified atom stereocenters. The third-order valence-corrected chi connectivity index (χ3v) is 3.75. The topological polar surface area (TPSA) is 48.0 Å². The lowest BCUT2D eigenvalue weighted by molar-refractivity contribution is -0.144. The molecule has 11 heteroatoms. The fraction of sp³-hybridized carbons (Fsp3) is 0.133. The quantitative estimate of drug-likeness (QED) is 0.473. The molecule has 26 heavy (non-hydrogen) atoms. The van der Waals surface area contributed by atoms with Crippen molar-refractivity contribution in [3.8, 4) is 5.95 Å². The fourth-order valence-electron chi connectivity index (χ4n) is 2.65. The van der Waals surface area contributed by atoms with Gasteiger partial charge in [0.2, 0.25) is 5.95 Å². The number of nitrogens with zero attached hydrogens (tertiary/aromatic N) is 5. The maximum absolute atomic E-state index is 13.3. The van der Waals surface area contributed by atoms with Crippen LogP contribution in [0.2, 0.25) is 0 Å². The lowest BCUT2D eigenvalue weighted by Gasteiger charge is -2.15. The van der Waals surface area contributed by atoms with Crippen LogP contribution in [0.1, 0.15) is 11.3 Å².